The number of rotatable bonds is 1. The zero-order valence-corrected chi connectivity index (χ0v) is 9.56. The van der Waals surface area contributed by atoms with Gasteiger partial charge in [-0.15, -0.1) is 11.3 Å². The molecule has 0 fully saturated rings. The van der Waals surface area contributed by atoms with Gasteiger partial charge in [0.25, 0.3) is 0 Å². The molecule has 2 N–H and O–H groups in total. The lowest BCUT2D eigenvalue weighted by atomic mass is 10.1. The lowest BCUT2D eigenvalue weighted by Crippen LogP contribution is -2.02. The van der Waals surface area contributed by atoms with Crippen molar-refractivity contribution in [1.82, 2.24) is 9.97 Å². The summed E-state index contributed by atoms with van der Waals surface area (Å²) in [4.78, 5) is 7.66. The third kappa shape index (κ3) is 2.38. The Hall–Kier alpha value is -1.63. The van der Waals surface area contributed by atoms with Crippen molar-refractivity contribution in [3.05, 3.63) is 29.0 Å². The number of hydrogen-bond donors (Lipinski definition) is 1. The topological polar surface area (TPSA) is 51.8 Å². The smallest absolute Gasteiger partial charge is 0.384 e. The van der Waals surface area contributed by atoms with Crippen LogP contribution in [0.5, 0.6) is 0 Å². The average Bonchev–Trinajstić information content (AvgIpc) is 2.65. The molecule has 0 radical (unpaired) electrons. The Kier molecular flexibility index (Phi) is 2.78. The van der Waals surface area contributed by atoms with Gasteiger partial charge in [0, 0.05) is 18.0 Å². The van der Waals surface area contributed by atoms with Gasteiger partial charge < -0.3 is 5.73 Å². The molecule has 2 aromatic heterocycles. The third-order valence-electron chi connectivity index (χ3n) is 2.15. The molecular formula is C10H8F3N3S. The lowest BCUT2D eigenvalue weighted by molar-refractivity contribution is -0.137. The van der Waals surface area contributed by atoms with Crippen molar-refractivity contribution in [3.63, 3.8) is 0 Å². The summed E-state index contributed by atoms with van der Waals surface area (Å²) in [6.45, 7) is 1.76. The van der Waals surface area contributed by atoms with E-state index in [1.165, 1.54) is 12.4 Å². The van der Waals surface area contributed by atoms with Crippen LogP contribution in [-0.4, -0.2) is 9.97 Å². The van der Waals surface area contributed by atoms with Gasteiger partial charge in [0.05, 0.1) is 4.88 Å². The highest BCUT2D eigenvalue weighted by molar-refractivity contribution is 7.15. The quantitative estimate of drug-likeness (QED) is 0.856. The summed E-state index contributed by atoms with van der Waals surface area (Å²) < 4.78 is 37.2. The molecule has 0 spiro atoms. The second-order valence-electron chi connectivity index (χ2n) is 3.45. The Labute approximate surface area is 99.1 Å². The molecule has 0 saturated carbocycles. The van der Waals surface area contributed by atoms with Crippen LogP contribution >= 0.6 is 11.3 Å². The van der Waals surface area contributed by atoms with Crippen molar-refractivity contribution < 1.29 is 13.2 Å². The minimum absolute atomic E-state index is 0.340. The van der Waals surface area contributed by atoms with Crippen molar-refractivity contribution >= 4 is 17.2 Å². The van der Waals surface area contributed by atoms with Crippen LogP contribution in [0.15, 0.2) is 18.5 Å². The Morgan fingerprint density at radius 3 is 2.47 bits per heavy atom. The minimum Gasteiger partial charge on any atom is -0.384 e. The highest BCUT2D eigenvalue weighted by Gasteiger charge is 2.34. The minimum atomic E-state index is -4.40. The Bertz CT molecular complexity index is 548. The zero-order chi connectivity index (χ0) is 12.6. The first-order valence-electron chi connectivity index (χ1n) is 4.63. The van der Waals surface area contributed by atoms with E-state index in [0.717, 1.165) is 5.56 Å². The van der Waals surface area contributed by atoms with Crippen LogP contribution in [0, 0.1) is 6.92 Å². The van der Waals surface area contributed by atoms with E-state index in [1.54, 1.807) is 13.0 Å². The molecule has 2 aromatic rings. The molecule has 0 aliphatic carbocycles. The number of alkyl halides is 3. The van der Waals surface area contributed by atoms with Crippen LogP contribution in [-0.2, 0) is 6.18 Å². The Balaban J connectivity index is 2.44. The predicted molar refractivity (Wildman–Crippen MR) is 59.5 cm³/mol. The van der Waals surface area contributed by atoms with Crippen molar-refractivity contribution in [2.75, 3.05) is 5.73 Å². The first-order chi connectivity index (χ1) is 7.88. The maximum Gasteiger partial charge on any atom is 0.443 e. The number of aromatic nitrogens is 2. The third-order valence-corrected chi connectivity index (χ3v) is 3.22. The first kappa shape index (κ1) is 11.8. The van der Waals surface area contributed by atoms with E-state index in [-0.39, 0.29) is 0 Å². The summed E-state index contributed by atoms with van der Waals surface area (Å²) in [6.07, 6.45) is -1.75. The van der Waals surface area contributed by atoms with Gasteiger partial charge in [0.15, 0.2) is 5.01 Å². The molecule has 90 valence electrons. The van der Waals surface area contributed by atoms with E-state index < -0.39 is 11.2 Å². The zero-order valence-electron chi connectivity index (χ0n) is 8.75. The largest absolute Gasteiger partial charge is 0.443 e. The molecule has 0 atom stereocenters. The fourth-order valence-electron chi connectivity index (χ4n) is 1.37. The number of anilines is 1. The molecule has 0 aliphatic rings. The number of nitrogen functional groups attached to an aromatic ring is 1. The molecule has 0 saturated heterocycles. The van der Waals surface area contributed by atoms with Crippen LogP contribution in [0.4, 0.5) is 19.0 Å². The standard InChI is InChI=1S/C10H8F3N3S/c1-5-2-8(14)15-3-6(5)7-4-16-9(17-7)10(11,12)13/h2-4H,1H3,(H2,14,15). The van der Waals surface area contributed by atoms with Crippen molar-refractivity contribution in [3.8, 4) is 10.4 Å². The Morgan fingerprint density at radius 1 is 1.24 bits per heavy atom. The fraction of sp³-hybridized carbons (Fsp3) is 0.200. The molecule has 0 bridgehead atoms. The highest BCUT2D eigenvalue weighted by Crippen LogP contribution is 2.37. The number of pyridine rings is 1. The predicted octanol–water partition coefficient (Wildman–Crippen LogP) is 3.11. The number of nitrogens with zero attached hydrogens (tertiary/aromatic N) is 2. The summed E-state index contributed by atoms with van der Waals surface area (Å²) in [7, 11) is 0. The molecule has 3 nitrogen and oxygen atoms in total. The fourth-order valence-corrected chi connectivity index (χ4v) is 2.22. The van der Waals surface area contributed by atoms with Gasteiger partial charge in [0.1, 0.15) is 5.82 Å². The van der Waals surface area contributed by atoms with E-state index >= 15 is 0 Å². The van der Waals surface area contributed by atoms with E-state index in [1.807, 2.05) is 0 Å². The molecule has 0 amide bonds. The first-order valence-corrected chi connectivity index (χ1v) is 5.45. The number of aryl methyl sites for hydroxylation is 1. The highest BCUT2D eigenvalue weighted by atomic mass is 32.1. The van der Waals surface area contributed by atoms with E-state index in [4.69, 9.17) is 5.73 Å². The van der Waals surface area contributed by atoms with Crippen molar-refractivity contribution in [1.29, 1.82) is 0 Å². The van der Waals surface area contributed by atoms with Gasteiger partial charge in [-0.05, 0) is 18.6 Å². The molecule has 0 aliphatic heterocycles. The summed E-state index contributed by atoms with van der Waals surface area (Å²) in [5, 5.41) is -0.858. The van der Waals surface area contributed by atoms with Crippen molar-refractivity contribution in [2.24, 2.45) is 0 Å². The molecule has 0 aromatic carbocycles. The van der Waals surface area contributed by atoms with Crippen LogP contribution in [0.3, 0.4) is 0 Å². The van der Waals surface area contributed by atoms with Gasteiger partial charge in [-0.25, -0.2) is 9.97 Å². The maximum absolute atomic E-state index is 12.4. The molecule has 2 rings (SSSR count). The van der Waals surface area contributed by atoms with Gasteiger partial charge in [0.2, 0.25) is 0 Å². The second-order valence-corrected chi connectivity index (χ2v) is 4.48. The molecule has 0 unspecified atom stereocenters. The maximum atomic E-state index is 12.4. The lowest BCUT2D eigenvalue weighted by Gasteiger charge is -2.03. The molecule has 2 heterocycles. The van der Waals surface area contributed by atoms with Crippen LogP contribution in [0.25, 0.3) is 10.4 Å². The molecular weight excluding hydrogens is 251 g/mol. The monoisotopic (exact) mass is 259 g/mol. The number of thiazole rings is 1. The van der Waals surface area contributed by atoms with Gasteiger partial charge in [-0.3, -0.25) is 0 Å². The van der Waals surface area contributed by atoms with Crippen LogP contribution in [0.2, 0.25) is 0 Å². The summed E-state index contributed by atoms with van der Waals surface area (Å²) in [5.74, 6) is 0.340. The van der Waals surface area contributed by atoms with E-state index in [2.05, 4.69) is 9.97 Å². The number of hydrogen-bond acceptors (Lipinski definition) is 4. The number of nitrogens with two attached hydrogens (primary N) is 1. The summed E-state index contributed by atoms with van der Waals surface area (Å²) in [5.41, 5.74) is 6.87. The van der Waals surface area contributed by atoms with Crippen LogP contribution in [0.1, 0.15) is 10.6 Å². The van der Waals surface area contributed by atoms with Gasteiger partial charge in [-0.1, -0.05) is 0 Å². The number of halogens is 3. The van der Waals surface area contributed by atoms with E-state index in [9.17, 15) is 13.2 Å². The SMILES string of the molecule is Cc1cc(N)ncc1-c1cnc(C(F)(F)F)s1. The van der Waals surface area contributed by atoms with Crippen LogP contribution < -0.4 is 5.73 Å². The van der Waals surface area contributed by atoms with Crippen molar-refractivity contribution in [2.45, 2.75) is 13.1 Å². The van der Waals surface area contributed by atoms with E-state index in [0.29, 0.717) is 27.6 Å². The second kappa shape index (κ2) is 3.99. The molecule has 7 heteroatoms. The van der Waals surface area contributed by atoms with Gasteiger partial charge >= 0.3 is 6.18 Å². The summed E-state index contributed by atoms with van der Waals surface area (Å²) >= 11 is 0.596. The normalized spacial score (nSPS) is 11.8. The summed E-state index contributed by atoms with van der Waals surface area (Å²) in [6, 6.07) is 1.61. The van der Waals surface area contributed by atoms with Gasteiger partial charge in [-0.2, -0.15) is 13.2 Å². The molecule has 17 heavy (non-hydrogen) atoms. The Morgan fingerprint density at radius 2 is 1.94 bits per heavy atom. The average molecular weight is 259 g/mol.